The molecule has 1 aromatic carbocycles. The van der Waals surface area contributed by atoms with Crippen LogP contribution in [0.5, 0.6) is 5.75 Å². The van der Waals surface area contributed by atoms with Crippen molar-refractivity contribution in [3.05, 3.63) is 30.5 Å². The third kappa shape index (κ3) is 3.09. The van der Waals surface area contributed by atoms with Gasteiger partial charge in [-0.25, -0.2) is 0 Å². The highest BCUT2D eigenvalue weighted by molar-refractivity contribution is 5.57. The summed E-state index contributed by atoms with van der Waals surface area (Å²) >= 11 is 0. The van der Waals surface area contributed by atoms with Crippen molar-refractivity contribution in [3.8, 4) is 5.75 Å². The Hall–Kier alpha value is -2.37. The van der Waals surface area contributed by atoms with Gasteiger partial charge in [0.15, 0.2) is 5.82 Å². The molecule has 0 saturated heterocycles. The van der Waals surface area contributed by atoms with Crippen LogP contribution in [0.1, 0.15) is 12.8 Å². The van der Waals surface area contributed by atoms with E-state index < -0.39 is 0 Å². The molecular weight excluding hydrogens is 242 g/mol. The average Bonchev–Trinajstić information content (AvgIpc) is 3.24. The van der Waals surface area contributed by atoms with Gasteiger partial charge >= 0.3 is 0 Å². The number of aromatic nitrogens is 3. The maximum atomic E-state index is 5.11. The Morgan fingerprint density at radius 1 is 1.21 bits per heavy atom. The van der Waals surface area contributed by atoms with E-state index in [9.17, 15) is 0 Å². The molecule has 0 unspecified atom stereocenters. The second kappa shape index (κ2) is 5.09. The molecule has 2 aromatic rings. The minimum atomic E-state index is 0.512. The van der Waals surface area contributed by atoms with Gasteiger partial charge in [0.25, 0.3) is 0 Å². The van der Waals surface area contributed by atoms with Crippen LogP contribution in [0.4, 0.5) is 17.5 Å². The Kier molecular flexibility index (Phi) is 3.14. The fourth-order valence-electron chi connectivity index (χ4n) is 1.66. The maximum Gasteiger partial charge on any atom is 0.244 e. The third-order valence-corrected chi connectivity index (χ3v) is 2.83. The van der Waals surface area contributed by atoms with Crippen LogP contribution in [-0.4, -0.2) is 28.3 Å². The minimum Gasteiger partial charge on any atom is -0.497 e. The molecule has 0 aliphatic heterocycles. The van der Waals surface area contributed by atoms with Crippen LogP contribution >= 0.6 is 0 Å². The second-order valence-corrected chi connectivity index (χ2v) is 4.44. The van der Waals surface area contributed by atoms with Gasteiger partial charge in [-0.05, 0) is 37.1 Å². The van der Waals surface area contributed by atoms with Crippen LogP contribution in [0.25, 0.3) is 0 Å². The van der Waals surface area contributed by atoms with E-state index in [-0.39, 0.29) is 0 Å². The highest BCUT2D eigenvalue weighted by Crippen LogP contribution is 2.23. The average molecular weight is 257 g/mol. The molecule has 1 heterocycles. The Balaban J connectivity index is 1.70. The van der Waals surface area contributed by atoms with Crippen LogP contribution in [-0.2, 0) is 0 Å². The zero-order valence-electron chi connectivity index (χ0n) is 10.6. The predicted molar refractivity (Wildman–Crippen MR) is 72.7 cm³/mol. The molecule has 2 N–H and O–H groups in total. The molecule has 98 valence electrons. The molecule has 0 spiro atoms. The van der Waals surface area contributed by atoms with Crippen LogP contribution in [0.3, 0.4) is 0 Å². The van der Waals surface area contributed by atoms with Crippen molar-refractivity contribution in [2.45, 2.75) is 18.9 Å². The van der Waals surface area contributed by atoms with Gasteiger partial charge in [-0.15, -0.1) is 5.10 Å². The van der Waals surface area contributed by atoms with E-state index >= 15 is 0 Å². The van der Waals surface area contributed by atoms with E-state index in [0.29, 0.717) is 17.8 Å². The van der Waals surface area contributed by atoms with E-state index in [1.807, 2.05) is 24.3 Å². The number of nitrogens with one attached hydrogen (secondary N) is 2. The van der Waals surface area contributed by atoms with Crippen LogP contribution in [0, 0.1) is 0 Å². The van der Waals surface area contributed by atoms with Gasteiger partial charge in [0, 0.05) is 11.7 Å². The van der Waals surface area contributed by atoms with Crippen LogP contribution < -0.4 is 15.4 Å². The monoisotopic (exact) mass is 257 g/mol. The first-order valence-corrected chi connectivity index (χ1v) is 6.21. The summed E-state index contributed by atoms with van der Waals surface area (Å²) < 4.78 is 5.11. The van der Waals surface area contributed by atoms with Crippen molar-refractivity contribution >= 4 is 17.5 Å². The molecule has 3 rings (SSSR count). The lowest BCUT2D eigenvalue weighted by atomic mass is 10.3. The maximum absolute atomic E-state index is 5.11. The molecule has 1 aliphatic rings. The number of hydrogen-bond acceptors (Lipinski definition) is 6. The van der Waals surface area contributed by atoms with E-state index in [1.165, 1.54) is 12.8 Å². The standard InChI is InChI=1S/C13H15N5O/c1-19-11-6-4-9(5-7-11)15-12-8-14-18-13(17-12)16-10-2-3-10/h4-8,10H,2-3H2,1H3,(H2,15,16,17,18). The van der Waals surface area contributed by atoms with Crippen molar-refractivity contribution in [2.24, 2.45) is 0 Å². The first-order valence-electron chi connectivity index (χ1n) is 6.21. The molecule has 1 saturated carbocycles. The third-order valence-electron chi connectivity index (χ3n) is 2.83. The summed E-state index contributed by atoms with van der Waals surface area (Å²) in [7, 11) is 1.65. The Labute approximate surface area is 111 Å². The topological polar surface area (TPSA) is 72.0 Å². The number of hydrogen-bond donors (Lipinski definition) is 2. The van der Waals surface area contributed by atoms with Crippen LogP contribution in [0.15, 0.2) is 30.5 Å². The number of methoxy groups -OCH3 is 1. The smallest absolute Gasteiger partial charge is 0.244 e. The van der Waals surface area contributed by atoms with E-state index in [1.54, 1.807) is 13.3 Å². The Morgan fingerprint density at radius 3 is 2.68 bits per heavy atom. The lowest BCUT2D eigenvalue weighted by Gasteiger charge is -2.07. The van der Waals surface area contributed by atoms with E-state index in [2.05, 4.69) is 25.8 Å². The predicted octanol–water partition coefficient (Wildman–Crippen LogP) is 2.20. The first-order chi connectivity index (χ1) is 9.33. The molecule has 0 radical (unpaired) electrons. The SMILES string of the molecule is COc1ccc(Nc2cnnc(NC3CC3)n2)cc1. The number of ether oxygens (including phenoxy) is 1. The molecule has 1 fully saturated rings. The van der Waals surface area contributed by atoms with Gasteiger partial charge in [-0.2, -0.15) is 10.1 Å². The molecule has 6 nitrogen and oxygen atoms in total. The van der Waals surface area contributed by atoms with Crippen LogP contribution in [0.2, 0.25) is 0 Å². The lowest BCUT2D eigenvalue weighted by Crippen LogP contribution is -2.07. The summed E-state index contributed by atoms with van der Waals surface area (Å²) in [6.45, 7) is 0. The Bertz CT molecular complexity index is 553. The van der Waals surface area contributed by atoms with Gasteiger partial charge < -0.3 is 15.4 Å². The first kappa shape index (κ1) is 11.7. The minimum absolute atomic E-state index is 0.512. The van der Waals surface area contributed by atoms with Gasteiger partial charge in [-0.1, -0.05) is 0 Å². The Morgan fingerprint density at radius 2 is 2.00 bits per heavy atom. The van der Waals surface area contributed by atoms with Crippen molar-refractivity contribution < 1.29 is 4.74 Å². The highest BCUT2D eigenvalue weighted by atomic mass is 16.5. The van der Waals surface area contributed by atoms with Gasteiger partial charge in [0.2, 0.25) is 5.95 Å². The van der Waals surface area contributed by atoms with Crippen molar-refractivity contribution in [3.63, 3.8) is 0 Å². The number of rotatable bonds is 5. The second-order valence-electron chi connectivity index (χ2n) is 4.44. The summed E-state index contributed by atoms with van der Waals surface area (Å²) in [6.07, 6.45) is 3.96. The largest absolute Gasteiger partial charge is 0.497 e. The van der Waals surface area contributed by atoms with Gasteiger partial charge in [-0.3, -0.25) is 0 Å². The molecule has 19 heavy (non-hydrogen) atoms. The van der Waals surface area contributed by atoms with Gasteiger partial charge in [0.05, 0.1) is 13.3 Å². The summed E-state index contributed by atoms with van der Waals surface area (Å²) in [5, 5.41) is 14.3. The highest BCUT2D eigenvalue weighted by Gasteiger charge is 2.22. The summed E-state index contributed by atoms with van der Waals surface area (Å²) in [4.78, 5) is 4.36. The molecule has 1 aromatic heterocycles. The molecule has 6 heteroatoms. The molecule has 0 bridgehead atoms. The fourth-order valence-corrected chi connectivity index (χ4v) is 1.66. The lowest BCUT2D eigenvalue weighted by molar-refractivity contribution is 0.415. The number of benzene rings is 1. The number of nitrogens with zero attached hydrogens (tertiary/aromatic N) is 3. The number of anilines is 3. The van der Waals surface area contributed by atoms with Crippen molar-refractivity contribution in [2.75, 3.05) is 17.7 Å². The molecule has 0 atom stereocenters. The van der Waals surface area contributed by atoms with Crippen molar-refractivity contribution in [1.82, 2.24) is 15.2 Å². The van der Waals surface area contributed by atoms with E-state index in [0.717, 1.165) is 11.4 Å². The summed E-state index contributed by atoms with van der Waals surface area (Å²) in [5.74, 6) is 2.06. The van der Waals surface area contributed by atoms with Crippen molar-refractivity contribution in [1.29, 1.82) is 0 Å². The van der Waals surface area contributed by atoms with Gasteiger partial charge in [0.1, 0.15) is 5.75 Å². The quantitative estimate of drug-likeness (QED) is 0.855. The van der Waals surface area contributed by atoms with E-state index in [4.69, 9.17) is 4.74 Å². The molecule has 0 amide bonds. The zero-order valence-corrected chi connectivity index (χ0v) is 10.6. The summed E-state index contributed by atoms with van der Waals surface area (Å²) in [6, 6.07) is 8.14. The fraction of sp³-hybridized carbons (Fsp3) is 0.308. The molecular formula is C13H15N5O. The molecule has 1 aliphatic carbocycles. The zero-order chi connectivity index (χ0) is 13.1. The summed E-state index contributed by atoms with van der Waals surface area (Å²) in [5.41, 5.74) is 0.929. The normalized spacial score (nSPS) is 13.9.